The molecule has 1 fully saturated rings. The number of carbonyl (C=O) groups is 1. The summed E-state index contributed by atoms with van der Waals surface area (Å²) in [6.07, 6.45) is 0.769. The van der Waals surface area contributed by atoms with Gasteiger partial charge in [-0.25, -0.2) is 9.78 Å². The molecule has 0 aliphatic carbocycles. The van der Waals surface area contributed by atoms with Gasteiger partial charge in [-0.1, -0.05) is 59.8 Å². The molecule has 3 N–H and O–H groups in total. The standard InChI is InChI=1S/C34H38N8O2S/c1-22-21-41(18-19-42(22)33(43)36-30-23(2)44-38-31(30)26-8-6-5-7-9-26)34-37-32(39-45-34)29(25-12-14-27(35)15-13-25)20-24-10-16-28(17-11-24)40(3)4/h5-17,22,29H,18-21,35H2,1-4H3,(H,36,43). The molecule has 1 aliphatic rings. The van der Waals surface area contributed by atoms with Gasteiger partial charge in [0.15, 0.2) is 11.6 Å². The van der Waals surface area contributed by atoms with Gasteiger partial charge in [-0.15, -0.1) is 0 Å². The number of nitrogens with two attached hydrogens (primary N) is 1. The van der Waals surface area contributed by atoms with Gasteiger partial charge in [0.1, 0.15) is 11.4 Å². The molecule has 0 saturated carbocycles. The minimum atomic E-state index is -0.174. The molecule has 0 bridgehead atoms. The molecule has 0 radical (unpaired) electrons. The molecule has 0 spiro atoms. The smallest absolute Gasteiger partial charge is 0.322 e. The van der Waals surface area contributed by atoms with Crippen molar-refractivity contribution in [2.24, 2.45) is 0 Å². The van der Waals surface area contributed by atoms with Crippen LogP contribution in [0.15, 0.2) is 83.4 Å². The van der Waals surface area contributed by atoms with Crippen molar-refractivity contribution >= 4 is 39.8 Å². The van der Waals surface area contributed by atoms with Crippen LogP contribution in [0.5, 0.6) is 0 Å². The molecule has 3 heterocycles. The third-order valence-electron chi connectivity index (χ3n) is 8.27. The van der Waals surface area contributed by atoms with Crippen LogP contribution in [0.25, 0.3) is 11.3 Å². The molecule has 2 aromatic heterocycles. The van der Waals surface area contributed by atoms with Crippen molar-refractivity contribution in [1.82, 2.24) is 19.4 Å². The minimum absolute atomic E-state index is 0.0177. The number of amides is 2. The highest BCUT2D eigenvalue weighted by Gasteiger charge is 2.31. The maximum Gasteiger partial charge on any atom is 0.322 e. The van der Waals surface area contributed by atoms with Gasteiger partial charge in [0.2, 0.25) is 5.13 Å². The van der Waals surface area contributed by atoms with Crippen LogP contribution < -0.4 is 20.9 Å². The number of nitrogens with one attached hydrogen (secondary N) is 1. The quantitative estimate of drug-likeness (QED) is 0.195. The Labute approximate surface area is 267 Å². The highest BCUT2D eigenvalue weighted by atomic mass is 32.1. The van der Waals surface area contributed by atoms with Gasteiger partial charge in [0, 0.05) is 74.2 Å². The summed E-state index contributed by atoms with van der Waals surface area (Å²) < 4.78 is 10.3. The van der Waals surface area contributed by atoms with Crippen LogP contribution in [-0.4, -0.2) is 65.2 Å². The second-order valence-corrected chi connectivity index (χ2v) is 12.4. The largest absolute Gasteiger partial charge is 0.399 e. The molecule has 2 atom stereocenters. The van der Waals surface area contributed by atoms with E-state index in [4.69, 9.17) is 19.6 Å². The Kier molecular flexibility index (Phi) is 8.70. The summed E-state index contributed by atoms with van der Waals surface area (Å²) in [6, 6.07) is 26.1. The van der Waals surface area contributed by atoms with E-state index in [1.807, 2.05) is 61.5 Å². The third-order valence-corrected chi connectivity index (χ3v) is 9.07. The molecule has 6 rings (SSSR count). The first kappa shape index (κ1) is 30.1. The predicted octanol–water partition coefficient (Wildman–Crippen LogP) is 6.27. The number of carbonyl (C=O) groups excluding carboxylic acids is 1. The number of rotatable bonds is 8. The first-order chi connectivity index (χ1) is 21.8. The SMILES string of the molecule is Cc1onc(-c2ccccc2)c1NC(=O)N1CCN(c2nc(C(Cc3ccc(N(C)C)cc3)c3ccc(N)cc3)ns2)CC1C. The third kappa shape index (κ3) is 6.63. The van der Waals surface area contributed by atoms with Gasteiger partial charge >= 0.3 is 6.03 Å². The van der Waals surface area contributed by atoms with Crippen molar-refractivity contribution in [2.75, 3.05) is 54.6 Å². The lowest BCUT2D eigenvalue weighted by molar-refractivity contribution is 0.185. The van der Waals surface area contributed by atoms with Crippen molar-refractivity contribution in [3.63, 3.8) is 0 Å². The fourth-order valence-corrected chi connectivity index (χ4v) is 6.43. The van der Waals surface area contributed by atoms with Crippen LogP contribution in [0, 0.1) is 6.92 Å². The molecule has 2 unspecified atom stereocenters. The van der Waals surface area contributed by atoms with Crippen LogP contribution in [0.3, 0.4) is 0 Å². The Morgan fingerprint density at radius 2 is 1.80 bits per heavy atom. The highest BCUT2D eigenvalue weighted by Crippen LogP contribution is 2.33. The Hall–Kier alpha value is -4.90. The molecular weight excluding hydrogens is 584 g/mol. The van der Waals surface area contributed by atoms with Crippen molar-refractivity contribution in [2.45, 2.75) is 32.2 Å². The summed E-state index contributed by atoms with van der Waals surface area (Å²) in [6.45, 7) is 5.71. The number of hydrogen-bond donors (Lipinski definition) is 2. The van der Waals surface area contributed by atoms with Gasteiger partial charge in [0.25, 0.3) is 0 Å². The molecule has 1 aliphatic heterocycles. The number of anilines is 4. The predicted molar refractivity (Wildman–Crippen MR) is 181 cm³/mol. The molecule has 1 saturated heterocycles. The lowest BCUT2D eigenvalue weighted by Gasteiger charge is -2.39. The molecule has 232 valence electrons. The van der Waals surface area contributed by atoms with E-state index < -0.39 is 0 Å². The molecule has 5 aromatic rings. The zero-order chi connectivity index (χ0) is 31.5. The van der Waals surface area contributed by atoms with E-state index in [9.17, 15) is 4.79 Å². The van der Waals surface area contributed by atoms with Crippen molar-refractivity contribution in [3.05, 3.63) is 102 Å². The second kappa shape index (κ2) is 13.0. The second-order valence-electron chi connectivity index (χ2n) is 11.7. The van der Waals surface area contributed by atoms with E-state index >= 15 is 0 Å². The number of nitrogen functional groups attached to an aromatic ring is 1. The summed E-state index contributed by atoms with van der Waals surface area (Å²) in [4.78, 5) is 24.7. The number of benzene rings is 3. The number of aromatic nitrogens is 3. The van der Waals surface area contributed by atoms with Crippen molar-refractivity contribution < 1.29 is 9.32 Å². The summed E-state index contributed by atoms with van der Waals surface area (Å²) in [7, 11) is 4.08. The summed E-state index contributed by atoms with van der Waals surface area (Å²) in [5, 5.41) is 8.12. The number of piperazine rings is 1. The van der Waals surface area contributed by atoms with Gasteiger partial charge in [0.05, 0.1) is 0 Å². The first-order valence-corrected chi connectivity index (χ1v) is 15.8. The number of urea groups is 1. The Morgan fingerprint density at radius 3 is 2.49 bits per heavy atom. The molecule has 11 heteroatoms. The van der Waals surface area contributed by atoms with Gasteiger partial charge in [-0.3, -0.25) is 0 Å². The lowest BCUT2D eigenvalue weighted by Crippen LogP contribution is -2.55. The van der Waals surface area contributed by atoms with E-state index in [2.05, 4.69) is 63.6 Å². The van der Waals surface area contributed by atoms with Gasteiger partial charge in [-0.05, 0) is 55.7 Å². The number of hydrogen-bond acceptors (Lipinski definition) is 9. The van der Waals surface area contributed by atoms with E-state index in [1.165, 1.54) is 17.1 Å². The molecule has 2 amide bonds. The fraction of sp³-hybridized carbons (Fsp3) is 0.294. The van der Waals surface area contributed by atoms with Crippen LogP contribution in [-0.2, 0) is 6.42 Å². The van der Waals surface area contributed by atoms with Crippen LogP contribution in [0.2, 0.25) is 0 Å². The van der Waals surface area contributed by atoms with E-state index in [0.717, 1.165) is 39.9 Å². The number of nitrogens with zero attached hydrogens (tertiary/aromatic N) is 6. The van der Waals surface area contributed by atoms with E-state index in [0.29, 0.717) is 36.8 Å². The van der Waals surface area contributed by atoms with Crippen LogP contribution >= 0.6 is 11.5 Å². The normalized spacial score (nSPS) is 15.6. The van der Waals surface area contributed by atoms with Crippen molar-refractivity contribution in [1.29, 1.82) is 0 Å². The van der Waals surface area contributed by atoms with Gasteiger partial charge < -0.3 is 30.3 Å². The Bertz CT molecular complexity index is 1730. The maximum absolute atomic E-state index is 13.5. The molecule has 10 nitrogen and oxygen atoms in total. The monoisotopic (exact) mass is 622 g/mol. The topological polar surface area (TPSA) is 117 Å². The fourth-order valence-electron chi connectivity index (χ4n) is 5.67. The lowest BCUT2D eigenvalue weighted by atomic mass is 9.91. The van der Waals surface area contributed by atoms with E-state index in [-0.39, 0.29) is 18.0 Å². The molecular formula is C34H38N8O2S. The molecule has 3 aromatic carbocycles. The summed E-state index contributed by atoms with van der Waals surface area (Å²) in [5.41, 5.74) is 12.3. The Balaban J connectivity index is 1.16. The zero-order valence-corrected chi connectivity index (χ0v) is 26.8. The summed E-state index contributed by atoms with van der Waals surface area (Å²) >= 11 is 1.41. The zero-order valence-electron chi connectivity index (χ0n) is 26.0. The number of aryl methyl sites for hydroxylation is 1. The maximum atomic E-state index is 13.5. The first-order valence-electron chi connectivity index (χ1n) is 15.1. The minimum Gasteiger partial charge on any atom is -0.399 e. The van der Waals surface area contributed by atoms with Crippen molar-refractivity contribution in [3.8, 4) is 11.3 Å². The average molecular weight is 623 g/mol. The summed E-state index contributed by atoms with van der Waals surface area (Å²) in [5.74, 6) is 1.34. The van der Waals surface area contributed by atoms with E-state index in [1.54, 1.807) is 6.92 Å². The highest BCUT2D eigenvalue weighted by molar-refractivity contribution is 7.09. The van der Waals surface area contributed by atoms with Crippen LogP contribution in [0.1, 0.15) is 35.6 Å². The van der Waals surface area contributed by atoms with Crippen LogP contribution in [0.4, 0.5) is 27.0 Å². The molecule has 45 heavy (non-hydrogen) atoms. The van der Waals surface area contributed by atoms with Gasteiger partial charge in [-0.2, -0.15) is 4.37 Å². The average Bonchev–Trinajstić information content (AvgIpc) is 3.68. The Morgan fingerprint density at radius 1 is 1.07 bits per heavy atom.